The van der Waals surface area contributed by atoms with E-state index < -0.39 is 0 Å². The lowest BCUT2D eigenvalue weighted by Gasteiger charge is -2.10. The highest BCUT2D eigenvalue weighted by atomic mass is 16.5. The van der Waals surface area contributed by atoms with Crippen molar-refractivity contribution in [3.8, 4) is 5.75 Å². The lowest BCUT2D eigenvalue weighted by Crippen LogP contribution is -2.07. The Morgan fingerprint density at radius 2 is 1.88 bits per heavy atom. The lowest BCUT2D eigenvalue weighted by molar-refractivity contribution is 0.101. The molecule has 0 aliphatic rings. The molecule has 0 aliphatic heterocycles. The van der Waals surface area contributed by atoms with Gasteiger partial charge < -0.3 is 15.4 Å². The Bertz CT molecular complexity index is 896. The van der Waals surface area contributed by atoms with Crippen LogP contribution in [0.25, 0.3) is 0 Å². The number of hydrogen-bond acceptors (Lipinski definition) is 7. The van der Waals surface area contributed by atoms with Gasteiger partial charge in [-0.05, 0) is 37.3 Å². The summed E-state index contributed by atoms with van der Waals surface area (Å²) in [6.45, 7) is 2.05. The van der Waals surface area contributed by atoms with Gasteiger partial charge in [0.1, 0.15) is 5.75 Å². The first-order chi connectivity index (χ1) is 12.7. The summed E-state index contributed by atoms with van der Waals surface area (Å²) >= 11 is 0. The normalized spacial score (nSPS) is 10.2. The maximum Gasteiger partial charge on any atom is 0.244 e. The minimum atomic E-state index is 0.0306. The predicted octanol–water partition coefficient (Wildman–Crippen LogP) is 3.44. The molecule has 132 valence electrons. The van der Waals surface area contributed by atoms with E-state index in [0.29, 0.717) is 23.9 Å². The summed E-state index contributed by atoms with van der Waals surface area (Å²) in [6.07, 6.45) is 1.53. The SMILES string of the molecule is COc1ccccc1CNc1nncc(Nc2ccc(C(C)=O)cc2)n1. The number of aromatic nitrogens is 3. The lowest BCUT2D eigenvalue weighted by atomic mass is 10.1. The summed E-state index contributed by atoms with van der Waals surface area (Å²) in [7, 11) is 1.64. The van der Waals surface area contributed by atoms with Crippen LogP contribution in [0.5, 0.6) is 5.75 Å². The monoisotopic (exact) mass is 349 g/mol. The highest BCUT2D eigenvalue weighted by molar-refractivity contribution is 5.94. The van der Waals surface area contributed by atoms with Gasteiger partial charge in [0.05, 0.1) is 13.3 Å². The van der Waals surface area contributed by atoms with Crippen molar-refractivity contribution < 1.29 is 9.53 Å². The fourth-order valence-corrected chi connectivity index (χ4v) is 2.40. The standard InChI is InChI=1S/C19H19N5O2/c1-13(25)14-7-9-16(10-8-14)22-18-12-21-24-19(23-18)20-11-15-5-3-4-6-17(15)26-2/h3-10,12H,11H2,1-2H3,(H2,20,22,23,24). The Labute approximate surface area is 151 Å². The summed E-state index contributed by atoms with van der Waals surface area (Å²) in [5.41, 5.74) is 2.47. The summed E-state index contributed by atoms with van der Waals surface area (Å²) in [5, 5.41) is 14.2. The molecule has 0 amide bonds. The van der Waals surface area contributed by atoms with E-state index in [2.05, 4.69) is 25.8 Å². The van der Waals surface area contributed by atoms with Crippen molar-refractivity contribution in [1.29, 1.82) is 0 Å². The number of para-hydroxylation sites is 1. The molecule has 0 atom stereocenters. The van der Waals surface area contributed by atoms with E-state index in [9.17, 15) is 4.79 Å². The average Bonchev–Trinajstić information content (AvgIpc) is 2.67. The largest absolute Gasteiger partial charge is 0.496 e. The predicted molar refractivity (Wildman–Crippen MR) is 99.9 cm³/mol. The van der Waals surface area contributed by atoms with Crippen molar-refractivity contribution in [2.24, 2.45) is 0 Å². The average molecular weight is 349 g/mol. The fourth-order valence-electron chi connectivity index (χ4n) is 2.40. The zero-order chi connectivity index (χ0) is 18.4. The minimum absolute atomic E-state index is 0.0306. The Balaban J connectivity index is 1.67. The molecule has 7 nitrogen and oxygen atoms in total. The summed E-state index contributed by atoms with van der Waals surface area (Å²) in [5.74, 6) is 1.79. The molecule has 3 rings (SSSR count). The number of carbonyl (C=O) groups is 1. The van der Waals surface area contributed by atoms with E-state index in [4.69, 9.17) is 4.74 Å². The first-order valence-corrected chi connectivity index (χ1v) is 8.09. The Morgan fingerprint density at radius 3 is 2.62 bits per heavy atom. The zero-order valence-corrected chi connectivity index (χ0v) is 14.6. The van der Waals surface area contributed by atoms with Gasteiger partial charge in [-0.25, -0.2) is 0 Å². The van der Waals surface area contributed by atoms with Crippen LogP contribution in [0.1, 0.15) is 22.8 Å². The van der Waals surface area contributed by atoms with E-state index in [-0.39, 0.29) is 5.78 Å². The van der Waals surface area contributed by atoms with Crippen molar-refractivity contribution in [3.63, 3.8) is 0 Å². The molecule has 26 heavy (non-hydrogen) atoms. The van der Waals surface area contributed by atoms with Gasteiger partial charge >= 0.3 is 0 Å². The Hall–Kier alpha value is -3.48. The second-order valence-electron chi connectivity index (χ2n) is 5.59. The van der Waals surface area contributed by atoms with Crippen LogP contribution in [0.3, 0.4) is 0 Å². The zero-order valence-electron chi connectivity index (χ0n) is 14.6. The van der Waals surface area contributed by atoms with Crippen LogP contribution in [0.15, 0.2) is 54.7 Å². The van der Waals surface area contributed by atoms with Crippen molar-refractivity contribution in [2.75, 3.05) is 17.7 Å². The van der Waals surface area contributed by atoms with Gasteiger partial charge in [-0.3, -0.25) is 4.79 Å². The quantitative estimate of drug-likeness (QED) is 0.632. The third kappa shape index (κ3) is 4.32. The number of rotatable bonds is 7. The van der Waals surface area contributed by atoms with E-state index in [1.54, 1.807) is 19.2 Å². The number of benzene rings is 2. The van der Waals surface area contributed by atoms with E-state index in [1.165, 1.54) is 13.1 Å². The molecular formula is C19H19N5O2. The first-order valence-electron chi connectivity index (χ1n) is 8.09. The molecule has 1 heterocycles. The number of methoxy groups -OCH3 is 1. The maximum absolute atomic E-state index is 11.3. The molecule has 0 aliphatic carbocycles. The minimum Gasteiger partial charge on any atom is -0.496 e. The highest BCUT2D eigenvalue weighted by Crippen LogP contribution is 2.19. The summed E-state index contributed by atoms with van der Waals surface area (Å²) in [6, 6.07) is 14.9. The van der Waals surface area contributed by atoms with Crippen molar-refractivity contribution in [2.45, 2.75) is 13.5 Å². The van der Waals surface area contributed by atoms with Gasteiger partial charge in [-0.1, -0.05) is 18.2 Å². The second kappa shape index (κ2) is 8.06. The summed E-state index contributed by atoms with van der Waals surface area (Å²) < 4.78 is 5.33. The smallest absolute Gasteiger partial charge is 0.244 e. The van der Waals surface area contributed by atoms with Crippen LogP contribution >= 0.6 is 0 Å². The molecule has 1 aromatic heterocycles. The maximum atomic E-state index is 11.3. The molecule has 7 heteroatoms. The van der Waals surface area contributed by atoms with Gasteiger partial charge in [-0.2, -0.15) is 10.1 Å². The first kappa shape index (κ1) is 17.3. The number of ether oxygens (including phenoxy) is 1. The highest BCUT2D eigenvalue weighted by Gasteiger charge is 2.05. The molecule has 0 fully saturated rings. The molecule has 0 saturated carbocycles. The van der Waals surface area contributed by atoms with Crippen LogP contribution < -0.4 is 15.4 Å². The van der Waals surface area contributed by atoms with Crippen molar-refractivity contribution >= 4 is 23.2 Å². The topological polar surface area (TPSA) is 89.0 Å². The Morgan fingerprint density at radius 1 is 1.12 bits per heavy atom. The Kier molecular flexibility index (Phi) is 5.38. The molecule has 2 N–H and O–H groups in total. The third-order valence-electron chi connectivity index (χ3n) is 3.75. The molecule has 0 radical (unpaired) electrons. The van der Waals surface area contributed by atoms with Gasteiger partial charge in [0, 0.05) is 23.4 Å². The van der Waals surface area contributed by atoms with Crippen LogP contribution in [-0.2, 0) is 6.54 Å². The summed E-state index contributed by atoms with van der Waals surface area (Å²) in [4.78, 5) is 15.7. The third-order valence-corrected chi connectivity index (χ3v) is 3.75. The second-order valence-corrected chi connectivity index (χ2v) is 5.59. The van der Waals surface area contributed by atoms with E-state index in [0.717, 1.165) is 17.0 Å². The number of anilines is 3. The molecule has 0 unspecified atom stereocenters. The number of carbonyl (C=O) groups excluding carboxylic acids is 1. The molecule has 3 aromatic rings. The number of ketones is 1. The van der Waals surface area contributed by atoms with Crippen LogP contribution in [0, 0.1) is 0 Å². The van der Waals surface area contributed by atoms with Crippen LogP contribution in [-0.4, -0.2) is 28.1 Å². The van der Waals surface area contributed by atoms with Gasteiger partial charge in [-0.15, -0.1) is 5.10 Å². The van der Waals surface area contributed by atoms with Gasteiger partial charge in [0.15, 0.2) is 11.6 Å². The van der Waals surface area contributed by atoms with Crippen LogP contribution in [0.4, 0.5) is 17.5 Å². The molecule has 0 bridgehead atoms. The molecular weight excluding hydrogens is 330 g/mol. The molecule has 2 aromatic carbocycles. The fraction of sp³-hybridized carbons (Fsp3) is 0.158. The number of nitrogens with zero attached hydrogens (tertiary/aromatic N) is 3. The van der Waals surface area contributed by atoms with Crippen LogP contribution in [0.2, 0.25) is 0 Å². The number of Topliss-reactive ketones (excluding diaryl/α,β-unsaturated/α-hetero) is 1. The molecule has 0 spiro atoms. The van der Waals surface area contributed by atoms with Crippen molar-refractivity contribution in [1.82, 2.24) is 15.2 Å². The van der Waals surface area contributed by atoms with E-state index in [1.807, 2.05) is 36.4 Å². The van der Waals surface area contributed by atoms with Crippen molar-refractivity contribution in [3.05, 3.63) is 65.9 Å². The molecule has 0 saturated heterocycles. The number of nitrogens with one attached hydrogen (secondary N) is 2. The number of hydrogen-bond donors (Lipinski definition) is 2. The van der Waals surface area contributed by atoms with Gasteiger partial charge in [0.2, 0.25) is 5.95 Å². The van der Waals surface area contributed by atoms with E-state index >= 15 is 0 Å². The van der Waals surface area contributed by atoms with Gasteiger partial charge in [0.25, 0.3) is 0 Å².